The SMILES string of the molecule is COc1cccc(OC)c1C(=O)N/C=C1/CCCC1Nc1nc2ccccc2o1. The Morgan fingerprint density at radius 3 is 2.62 bits per heavy atom. The normalized spacial score (nSPS) is 17.4. The lowest BCUT2D eigenvalue weighted by atomic mass is 10.1. The van der Waals surface area contributed by atoms with Gasteiger partial charge in [-0.25, -0.2) is 0 Å². The van der Waals surface area contributed by atoms with Crippen molar-refractivity contribution in [1.82, 2.24) is 10.3 Å². The summed E-state index contributed by atoms with van der Waals surface area (Å²) in [6, 6.07) is 13.4. The molecule has 0 bridgehead atoms. The molecule has 1 amide bonds. The monoisotopic (exact) mass is 393 g/mol. The lowest BCUT2D eigenvalue weighted by Gasteiger charge is -2.14. The predicted molar refractivity (Wildman–Crippen MR) is 110 cm³/mol. The second-order valence-corrected chi connectivity index (χ2v) is 6.81. The third-order valence-corrected chi connectivity index (χ3v) is 5.04. The number of aromatic nitrogens is 1. The number of rotatable bonds is 6. The van der Waals surface area contributed by atoms with Crippen LogP contribution in [-0.4, -0.2) is 31.2 Å². The van der Waals surface area contributed by atoms with E-state index in [1.54, 1.807) is 24.4 Å². The van der Waals surface area contributed by atoms with Gasteiger partial charge in [0.25, 0.3) is 11.9 Å². The van der Waals surface area contributed by atoms with E-state index < -0.39 is 0 Å². The predicted octanol–water partition coefficient (Wildman–Crippen LogP) is 4.12. The van der Waals surface area contributed by atoms with Crippen LogP contribution in [0.5, 0.6) is 11.5 Å². The van der Waals surface area contributed by atoms with Crippen molar-refractivity contribution in [3.05, 3.63) is 59.8 Å². The number of hydrogen-bond donors (Lipinski definition) is 2. The van der Waals surface area contributed by atoms with Crippen molar-refractivity contribution in [3.8, 4) is 11.5 Å². The zero-order valence-electron chi connectivity index (χ0n) is 16.4. The second-order valence-electron chi connectivity index (χ2n) is 6.81. The van der Waals surface area contributed by atoms with E-state index in [0.29, 0.717) is 23.1 Å². The molecule has 150 valence electrons. The number of oxazole rings is 1. The minimum atomic E-state index is -0.278. The number of para-hydroxylation sites is 2. The highest BCUT2D eigenvalue weighted by molar-refractivity contribution is 6.00. The van der Waals surface area contributed by atoms with Crippen LogP contribution in [0, 0.1) is 0 Å². The molecule has 0 radical (unpaired) electrons. The van der Waals surface area contributed by atoms with Gasteiger partial charge in [-0.1, -0.05) is 18.2 Å². The number of nitrogens with one attached hydrogen (secondary N) is 2. The van der Waals surface area contributed by atoms with Gasteiger partial charge in [0.15, 0.2) is 5.58 Å². The fourth-order valence-corrected chi connectivity index (χ4v) is 3.60. The summed E-state index contributed by atoms with van der Waals surface area (Å²) in [7, 11) is 3.06. The molecule has 1 unspecified atom stereocenters. The summed E-state index contributed by atoms with van der Waals surface area (Å²) in [4.78, 5) is 17.2. The van der Waals surface area contributed by atoms with Crippen LogP contribution >= 0.6 is 0 Å². The zero-order chi connectivity index (χ0) is 20.2. The lowest BCUT2D eigenvalue weighted by molar-refractivity contribution is 0.0963. The van der Waals surface area contributed by atoms with Crippen LogP contribution < -0.4 is 20.1 Å². The summed E-state index contributed by atoms with van der Waals surface area (Å²) in [6.07, 6.45) is 4.62. The first-order valence-corrected chi connectivity index (χ1v) is 9.52. The van der Waals surface area contributed by atoms with E-state index in [4.69, 9.17) is 13.9 Å². The molecule has 0 aliphatic heterocycles. The maximum atomic E-state index is 12.8. The van der Waals surface area contributed by atoms with Crippen LogP contribution in [0.4, 0.5) is 6.01 Å². The van der Waals surface area contributed by atoms with Gasteiger partial charge in [-0.05, 0) is 49.1 Å². The molecule has 1 heterocycles. The van der Waals surface area contributed by atoms with Gasteiger partial charge in [0.2, 0.25) is 0 Å². The average molecular weight is 393 g/mol. The summed E-state index contributed by atoms with van der Waals surface area (Å²) < 4.78 is 16.4. The van der Waals surface area contributed by atoms with E-state index in [0.717, 1.165) is 35.9 Å². The molecule has 1 aromatic heterocycles. The van der Waals surface area contributed by atoms with Gasteiger partial charge in [0, 0.05) is 6.20 Å². The molecule has 1 atom stereocenters. The maximum absolute atomic E-state index is 12.8. The third-order valence-electron chi connectivity index (χ3n) is 5.04. The van der Waals surface area contributed by atoms with Gasteiger partial charge < -0.3 is 24.5 Å². The highest BCUT2D eigenvalue weighted by atomic mass is 16.5. The smallest absolute Gasteiger partial charge is 0.296 e. The number of nitrogens with zero attached hydrogens (tertiary/aromatic N) is 1. The molecule has 7 nitrogen and oxygen atoms in total. The number of amides is 1. The number of benzene rings is 2. The van der Waals surface area contributed by atoms with Crippen molar-refractivity contribution in [2.45, 2.75) is 25.3 Å². The Morgan fingerprint density at radius 1 is 1.14 bits per heavy atom. The molecule has 2 aromatic carbocycles. The van der Waals surface area contributed by atoms with E-state index in [9.17, 15) is 4.79 Å². The molecule has 0 spiro atoms. The number of ether oxygens (including phenoxy) is 2. The molecule has 3 aromatic rings. The zero-order valence-corrected chi connectivity index (χ0v) is 16.4. The van der Waals surface area contributed by atoms with Gasteiger partial charge in [-0.2, -0.15) is 4.98 Å². The minimum absolute atomic E-state index is 0.0583. The van der Waals surface area contributed by atoms with E-state index in [1.165, 1.54) is 14.2 Å². The van der Waals surface area contributed by atoms with E-state index >= 15 is 0 Å². The number of anilines is 1. The average Bonchev–Trinajstić information content (AvgIpc) is 3.37. The first-order chi connectivity index (χ1) is 14.2. The fraction of sp³-hybridized carbons (Fsp3) is 0.273. The van der Waals surface area contributed by atoms with Crippen LogP contribution in [0.1, 0.15) is 29.6 Å². The lowest BCUT2D eigenvalue weighted by Crippen LogP contribution is -2.23. The van der Waals surface area contributed by atoms with Crippen LogP contribution in [0.25, 0.3) is 11.1 Å². The fourth-order valence-electron chi connectivity index (χ4n) is 3.60. The molecule has 7 heteroatoms. The van der Waals surface area contributed by atoms with Crippen LogP contribution in [0.3, 0.4) is 0 Å². The Kier molecular flexibility index (Phi) is 5.37. The van der Waals surface area contributed by atoms with Crippen LogP contribution in [0.2, 0.25) is 0 Å². The molecule has 0 saturated heterocycles. The minimum Gasteiger partial charge on any atom is -0.496 e. The molecular formula is C22H23N3O4. The Labute approximate surface area is 168 Å². The Balaban J connectivity index is 1.50. The van der Waals surface area contributed by atoms with Crippen LogP contribution in [0.15, 0.2) is 58.7 Å². The third kappa shape index (κ3) is 3.89. The summed E-state index contributed by atoms with van der Waals surface area (Å²) in [5.74, 6) is 0.653. The topological polar surface area (TPSA) is 85.6 Å². The van der Waals surface area contributed by atoms with Gasteiger partial charge in [0.05, 0.1) is 20.3 Å². The number of methoxy groups -OCH3 is 2. The molecule has 2 N–H and O–H groups in total. The highest BCUT2D eigenvalue weighted by Crippen LogP contribution is 2.30. The Morgan fingerprint density at radius 2 is 1.90 bits per heavy atom. The highest BCUT2D eigenvalue weighted by Gasteiger charge is 2.24. The van der Waals surface area contributed by atoms with Crippen molar-refractivity contribution >= 4 is 23.0 Å². The van der Waals surface area contributed by atoms with Crippen LogP contribution in [-0.2, 0) is 0 Å². The molecule has 4 rings (SSSR count). The molecule has 29 heavy (non-hydrogen) atoms. The van der Waals surface area contributed by atoms with Gasteiger partial charge in [0.1, 0.15) is 22.6 Å². The molecule has 1 fully saturated rings. The maximum Gasteiger partial charge on any atom is 0.296 e. The quantitative estimate of drug-likeness (QED) is 0.655. The van der Waals surface area contributed by atoms with E-state index in [-0.39, 0.29) is 11.9 Å². The van der Waals surface area contributed by atoms with Crippen molar-refractivity contribution in [2.24, 2.45) is 0 Å². The first-order valence-electron chi connectivity index (χ1n) is 9.52. The summed E-state index contributed by atoms with van der Waals surface area (Å²) in [6.45, 7) is 0. The summed E-state index contributed by atoms with van der Waals surface area (Å²) in [5, 5.41) is 6.22. The van der Waals surface area contributed by atoms with Gasteiger partial charge >= 0.3 is 0 Å². The standard InChI is InChI=1S/C22H23N3O4/c1-27-18-11-6-12-19(28-2)20(18)21(26)23-13-14-7-5-9-15(14)24-22-25-16-8-3-4-10-17(16)29-22/h3-4,6,8,10-13,15H,5,7,9H2,1-2H3,(H,23,26)(H,24,25)/b14-13-. The first kappa shape index (κ1) is 18.9. The summed E-state index contributed by atoms with van der Waals surface area (Å²) in [5.41, 5.74) is 3.02. The van der Waals surface area contributed by atoms with E-state index in [1.807, 2.05) is 24.3 Å². The Bertz CT molecular complexity index is 1000. The van der Waals surface area contributed by atoms with Gasteiger partial charge in [-0.3, -0.25) is 4.79 Å². The van der Waals surface area contributed by atoms with Crippen molar-refractivity contribution in [1.29, 1.82) is 0 Å². The molecular weight excluding hydrogens is 370 g/mol. The molecule has 1 saturated carbocycles. The number of carbonyl (C=O) groups is 1. The van der Waals surface area contributed by atoms with Gasteiger partial charge in [-0.15, -0.1) is 0 Å². The summed E-state index contributed by atoms with van der Waals surface area (Å²) >= 11 is 0. The largest absolute Gasteiger partial charge is 0.496 e. The number of hydrogen-bond acceptors (Lipinski definition) is 6. The number of carbonyl (C=O) groups excluding carboxylic acids is 1. The van der Waals surface area contributed by atoms with Crippen molar-refractivity contribution < 1.29 is 18.7 Å². The molecule has 1 aliphatic rings. The Hall–Kier alpha value is -3.48. The second kappa shape index (κ2) is 8.26. The molecule has 1 aliphatic carbocycles. The van der Waals surface area contributed by atoms with Crippen molar-refractivity contribution in [3.63, 3.8) is 0 Å². The van der Waals surface area contributed by atoms with E-state index in [2.05, 4.69) is 15.6 Å². The van der Waals surface area contributed by atoms with Crippen molar-refractivity contribution in [2.75, 3.05) is 19.5 Å². The number of fused-ring (bicyclic) bond motifs is 1.